The number of nitrogens with one attached hydrogen (secondary N) is 1. The number of hydrogen-bond acceptors (Lipinski definition) is 4. The average Bonchev–Trinajstić information content (AvgIpc) is 2.70. The zero-order chi connectivity index (χ0) is 19.9. The van der Waals surface area contributed by atoms with Crippen molar-refractivity contribution >= 4 is 35.0 Å². The minimum Gasteiger partial charge on any atom is -0.454 e. The third kappa shape index (κ3) is 4.96. The Morgan fingerprint density at radius 1 is 1.00 bits per heavy atom. The molecule has 0 aliphatic carbocycles. The van der Waals surface area contributed by atoms with Gasteiger partial charge in [-0.2, -0.15) is 0 Å². The number of nitrogens with zero attached hydrogens (tertiary/aromatic N) is 1. The molecule has 0 unspecified atom stereocenters. The van der Waals surface area contributed by atoms with Gasteiger partial charge < -0.3 is 10.1 Å². The topological polar surface area (TPSA) is 81.5 Å². The maximum absolute atomic E-state index is 12.3. The van der Waals surface area contributed by atoms with E-state index in [9.17, 15) is 14.9 Å². The Kier molecular flexibility index (Phi) is 6.04. The number of carbonyl (C=O) groups is 1. The summed E-state index contributed by atoms with van der Waals surface area (Å²) in [5, 5.41) is 14.0. The summed E-state index contributed by atoms with van der Waals surface area (Å²) in [5.41, 5.74) is 0.974. The molecular formula is C21H15ClN2O4. The second kappa shape index (κ2) is 8.83. The summed E-state index contributed by atoms with van der Waals surface area (Å²) in [7, 11) is 0. The lowest BCUT2D eigenvalue weighted by molar-refractivity contribution is -0.384. The normalized spacial score (nSPS) is 10.6. The molecule has 140 valence electrons. The second-order valence-electron chi connectivity index (χ2n) is 5.70. The highest BCUT2D eigenvalue weighted by atomic mass is 35.5. The number of non-ortho nitro benzene ring substituents is 1. The number of para-hydroxylation sites is 3. The number of hydrogen-bond donors (Lipinski definition) is 1. The van der Waals surface area contributed by atoms with E-state index in [2.05, 4.69) is 5.32 Å². The van der Waals surface area contributed by atoms with E-state index in [1.807, 2.05) is 0 Å². The van der Waals surface area contributed by atoms with Gasteiger partial charge in [0, 0.05) is 18.2 Å². The van der Waals surface area contributed by atoms with E-state index in [0.29, 0.717) is 27.8 Å². The fourth-order valence-corrected chi connectivity index (χ4v) is 2.57. The Balaban J connectivity index is 1.73. The van der Waals surface area contributed by atoms with Gasteiger partial charge in [0.25, 0.3) is 5.69 Å². The van der Waals surface area contributed by atoms with Crippen LogP contribution in [0.2, 0.25) is 5.02 Å². The molecule has 0 aliphatic heterocycles. The molecule has 0 fully saturated rings. The molecule has 6 nitrogen and oxygen atoms in total. The maximum Gasteiger partial charge on any atom is 0.270 e. The Hall–Kier alpha value is -3.64. The number of carbonyl (C=O) groups excluding carboxylic acids is 1. The molecule has 3 aromatic carbocycles. The highest BCUT2D eigenvalue weighted by molar-refractivity contribution is 6.32. The standard InChI is InChI=1S/C21H15ClN2O4/c22-17-8-1-3-10-19(17)28-20-11-4-2-9-18(20)23-21(25)13-12-15-6-5-7-16(14-15)24(26)27/h1-14H,(H,23,25)/b13-12+. The SMILES string of the molecule is O=C(/C=C/c1cccc([N+](=O)[O-])c1)Nc1ccccc1Oc1ccccc1Cl. The van der Waals surface area contributed by atoms with Crippen molar-refractivity contribution < 1.29 is 14.5 Å². The molecule has 28 heavy (non-hydrogen) atoms. The van der Waals surface area contributed by atoms with Crippen LogP contribution in [0.25, 0.3) is 6.08 Å². The molecule has 0 aromatic heterocycles. The van der Waals surface area contributed by atoms with Gasteiger partial charge in [-0.25, -0.2) is 0 Å². The quantitative estimate of drug-likeness (QED) is 0.330. The summed E-state index contributed by atoms with van der Waals surface area (Å²) in [6.07, 6.45) is 2.80. The van der Waals surface area contributed by atoms with E-state index < -0.39 is 10.8 Å². The van der Waals surface area contributed by atoms with Gasteiger partial charge in [0.2, 0.25) is 5.91 Å². The van der Waals surface area contributed by atoms with Crippen LogP contribution in [-0.4, -0.2) is 10.8 Å². The lowest BCUT2D eigenvalue weighted by Crippen LogP contribution is -2.08. The first kappa shape index (κ1) is 19.1. The zero-order valence-electron chi connectivity index (χ0n) is 14.5. The van der Waals surface area contributed by atoms with Gasteiger partial charge in [-0.15, -0.1) is 0 Å². The highest BCUT2D eigenvalue weighted by Gasteiger charge is 2.09. The molecule has 3 aromatic rings. The number of amides is 1. The van der Waals surface area contributed by atoms with Crippen LogP contribution in [0.1, 0.15) is 5.56 Å². The van der Waals surface area contributed by atoms with Crippen molar-refractivity contribution in [3.63, 3.8) is 0 Å². The molecule has 7 heteroatoms. The summed E-state index contributed by atoms with van der Waals surface area (Å²) in [5.74, 6) is 0.507. The van der Waals surface area contributed by atoms with Gasteiger partial charge in [-0.3, -0.25) is 14.9 Å². The van der Waals surface area contributed by atoms with Crippen molar-refractivity contribution in [3.8, 4) is 11.5 Å². The minimum absolute atomic E-state index is 0.0407. The summed E-state index contributed by atoms with van der Waals surface area (Å²) in [6, 6.07) is 20.0. The number of ether oxygens (including phenoxy) is 1. The number of anilines is 1. The van der Waals surface area contributed by atoms with Crippen LogP contribution in [0.3, 0.4) is 0 Å². The van der Waals surface area contributed by atoms with E-state index in [0.717, 1.165) is 0 Å². The molecule has 3 rings (SSSR count). The number of benzene rings is 3. The van der Waals surface area contributed by atoms with Crippen molar-refractivity contribution in [2.45, 2.75) is 0 Å². The third-order valence-corrected chi connectivity index (χ3v) is 4.02. The summed E-state index contributed by atoms with van der Waals surface area (Å²) in [4.78, 5) is 22.6. The zero-order valence-corrected chi connectivity index (χ0v) is 15.3. The van der Waals surface area contributed by atoms with Gasteiger partial charge >= 0.3 is 0 Å². The van der Waals surface area contributed by atoms with Crippen molar-refractivity contribution in [1.82, 2.24) is 0 Å². The molecule has 0 saturated heterocycles. The molecule has 1 amide bonds. The highest BCUT2D eigenvalue weighted by Crippen LogP contribution is 2.33. The van der Waals surface area contributed by atoms with Crippen LogP contribution >= 0.6 is 11.6 Å². The first-order valence-corrected chi connectivity index (χ1v) is 8.65. The molecule has 0 bridgehead atoms. The first-order chi connectivity index (χ1) is 13.5. The fraction of sp³-hybridized carbons (Fsp3) is 0. The molecule has 0 heterocycles. The maximum atomic E-state index is 12.3. The van der Waals surface area contributed by atoms with Crippen LogP contribution in [-0.2, 0) is 4.79 Å². The van der Waals surface area contributed by atoms with Gasteiger partial charge in [-0.1, -0.05) is 48.0 Å². The monoisotopic (exact) mass is 394 g/mol. The smallest absolute Gasteiger partial charge is 0.270 e. The van der Waals surface area contributed by atoms with Crippen LogP contribution in [0.15, 0.2) is 78.9 Å². The third-order valence-electron chi connectivity index (χ3n) is 3.71. The Morgan fingerprint density at radius 3 is 2.46 bits per heavy atom. The Bertz CT molecular complexity index is 1050. The Morgan fingerprint density at radius 2 is 1.71 bits per heavy atom. The van der Waals surface area contributed by atoms with Crippen LogP contribution < -0.4 is 10.1 Å². The van der Waals surface area contributed by atoms with Gasteiger partial charge in [0.05, 0.1) is 15.6 Å². The lowest BCUT2D eigenvalue weighted by Gasteiger charge is -2.12. The predicted octanol–water partition coefficient (Wildman–Crippen LogP) is 5.69. The molecule has 0 saturated carbocycles. The van der Waals surface area contributed by atoms with Crippen molar-refractivity contribution in [1.29, 1.82) is 0 Å². The summed E-state index contributed by atoms with van der Waals surface area (Å²) in [6.45, 7) is 0. The molecule has 0 spiro atoms. The number of rotatable bonds is 6. The van der Waals surface area contributed by atoms with E-state index in [1.54, 1.807) is 60.7 Å². The van der Waals surface area contributed by atoms with E-state index >= 15 is 0 Å². The second-order valence-corrected chi connectivity index (χ2v) is 6.11. The van der Waals surface area contributed by atoms with E-state index in [-0.39, 0.29) is 5.69 Å². The lowest BCUT2D eigenvalue weighted by atomic mass is 10.2. The summed E-state index contributed by atoms with van der Waals surface area (Å²) >= 11 is 6.11. The molecule has 1 N–H and O–H groups in total. The van der Waals surface area contributed by atoms with Gasteiger partial charge in [0.1, 0.15) is 5.75 Å². The van der Waals surface area contributed by atoms with Crippen molar-refractivity contribution in [2.24, 2.45) is 0 Å². The largest absolute Gasteiger partial charge is 0.454 e. The Labute approximate surface area is 166 Å². The number of halogens is 1. The van der Waals surface area contributed by atoms with E-state index in [1.165, 1.54) is 24.3 Å². The van der Waals surface area contributed by atoms with Gasteiger partial charge in [0.15, 0.2) is 5.75 Å². The van der Waals surface area contributed by atoms with Crippen molar-refractivity contribution in [2.75, 3.05) is 5.32 Å². The predicted molar refractivity (Wildman–Crippen MR) is 109 cm³/mol. The molecule has 0 atom stereocenters. The van der Waals surface area contributed by atoms with Crippen LogP contribution in [0.4, 0.5) is 11.4 Å². The number of nitro groups is 1. The molecule has 0 aliphatic rings. The molecular weight excluding hydrogens is 380 g/mol. The van der Waals surface area contributed by atoms with Crippen LogP contribution in [0, 0.1) is 10.1 Å². The average molecular weight is 395 g/mol. The minimum atomic E-state index is -0.486. The van der Waals surface area contributed by atoms with Gasteiger partial charge in [-0.05, 0) is 35.9 Å². The summed E-state index contributed by atoms with van der Waals surface area (Å²) < 4.78 is 5.80. The van der Waals surface area contributed by atoms with Crippen LogP contribution in [0.5, 0.6) is 11.5 Å². The molecule has 0 radical (unpaired) electrons. The number of nitro benzene ring substituents is 1. The van der Waals surface area contributed by atoms with Crippen molar-refractivity contribution in [3.05, 3.63) is 99.6 Å². The first-order valence-electron chi connectivity index (χ1n) is 8.28. The van der Waals surface area contributed by atoms with E-state index in [4.69, 9.17) is 16.3 Å². The fourth-order valence-electron chi connectivity index (χ4n) is 2.39.